The molecule has 0 saturated carbocycles. The molecule has 1 amide bonds. The smallest absolute Gasteiger partial charge is 0.256 e. The highest BCUT2D eigenvalue weighted by Crippen LogP contribution is 2.32. The first-order valence-corrected chi connectivity index (χ1v) is 10.4. The van der Waals surface area contributed by atoms with Gasteiger partial charge in [0.15, 0.2) is 0 Å². The van der Waals surface area contributed by atoms with Crippen molar-refractivity contribution in [2.24, 2.45) is 0 Å². The van der Waals surface area contributed by atoms with Gasteiger partial charge in [0.05, 0.1) is 11.4 Å². The quantitative estimate of drug-likeness (QED) is 0.760. The Morgan fingerprint density at radius 2 is 2.19 bits per heavy atom. The van der Waals surface area contributed by atoms with Crippen molar-refractivity contribution in [3.63, 3.8) is 0 Å². The topological polar surface area (TPSA) is 83.3 Å². The van der Waals surface area contributed by atoms with Crippen molar-refractivity contribution in [1.82, 2.24) is 25.7 Å². The summed E-state index contributed by atoms with van der Waals surface area (Å²) in [7, 11) is 0. The zero-order valence-electron chi connectivity index (χ0n) is 15.6. The molecule has 0 bridgehead atoms. The summed E-state index contributed by atoms with van der Waals surface area (Å²) in [5, 5.41) is 0.574. The highest BCUT2D eigenvalue weighted by molar-refractivity contribution is 7.99. The molecular formula is C19H25N5O2S. The van der Waals surface area contributed by atoms with Crippen LogP contribution in [-0.4, -0.2) is 51.7 Å². The third kappa shape index (κ3) is 3.88. The molecule has 3 unspecified atom stereocenters. The van der Waals surface area contributed by atoms with Crippen molar-refractivity contribution >= 4 is 17.7 Å². The largest absolute Gasteiger partial charge is 0.437 e. The molecule has 2 aliphatic rings. The number of carbonyl (C=O) groups is 1. The van der Waals surface area contributed by atoms with Crippen LogP contribution in [0.5, 0.6) is 0 Å². The van der Waals surface area contributed by atoms with Crippen LogP contribution in [0.3, 0.4) is 0 Å². The molecule has 0 aromatic carbocycles. The van der Waals surface area contributed by atoms with Crippen LogP contribution in [-0.2, 0) is 4.79 Å². The van der Waals surface area contributed by atoms with Crippen molar-refractivity contribution in [1.29, 1.82) is 0 Å². The number of likely N-dealkylation sites (tertiary alicyclic amines) is 1. The lowest BCUT2D eigenvalue weighted by atomic mass is 9.88. The van der Waals surface area contributed by atoms with Gasteiger partial charge in [-0.1, -0.05) is 11.8 Å². The Morgan fingerprint density at radius 3 is 2.93 bits per heavy atom. The predicted molar refractivity (Wildman–Crippen MR) is 103 cm³/mol. The minimum absolute atomic E-state index is 0.151. The van der Waals surface area contributed by atoms with Gasteiger partial charge in [0.2, 0.25) is 5.91 Å². The van der Waals surface area contributed by atoms with E-state index in [0.717, 1.165) is 37.4 Å². The second-order valence-electron chi connectivity index (χ2n) is 7.14. The van der Waals surface area contributed by atoms with Crippen molar-refractivity contribution in [2.75, 3.05) is 18.8 Å². The Labute approximate surface area is 163 Å². The van der Waals surface area contributed by atoms with Gasteiger partial charge in [0.1, 0.15) is 5.76 Å². The van der Waals surface area contributed by atoms with Crippen LogP contribution in [0, 0.1) is 13.8 Å². The third-order valence-corrected chi connectivity index (χ3v) is 6.33. The number of aromatic nitrogens is 2. The van der Waals surface area contributed by atoms with Gasteiger partial charge in [-0.15, -0.1) is 0 Å². The lowest BCUT2D eigenvalue weighted by molar-refractivity contribution is -0.129. The fraction of sp³-hybridized carbons (Fsp3) is 0.526. The van der Waals surface area contributed by atoms with Crippen molar-refractivity contribution in [3.8, 4) is 0 Å². The lowest BCUT2D eigenvalue weighted by Gasteiger charge is -2.32. The van der Waals surface area contributed by atoms with Crippen LogP contribution in [0.15, 0.2) is 34.2 Å². The number of nitrogens with one attached hydrogen (secondary N) is 2. The van der Waals surface area contributed by atoms with E-state index in [2.05, 4.69) is 33.0 Å². The monoisotopic (exact) mass is 387 g/mol. The number of pyridine rings is 1. The Balaban J connectivity index is 1.42. The second-order valence-corrected chi connectivity index (χ2v) is 8.07. The summed E-state index contributed by atoms with van der Waals surface area (Å²) >= 11 is 1.38. The van der Waals surface area contributed by atoms with Gasteiger partial charge in [-0.2, -0.15) is 0 Å². The lowest BCUT2D eigenvalue weighted by Crippen LogP contribution is -2.50. The summed E-state index contributed by atoms with van der Waals surface area (Å²) in [6, 6.07) is 4.53. The van der Waals surface area contributed by atoms with Gasteiger partial charge in [0.25, 0.3) is 5.22 Å². The fourth-order valence-electron chi connectivity index (χ4n) is 4.00. The molecular weight excluding hydrogens is 362 g/mol. The summed E-state index contributed by atoms with van der Waals surface area (Å²) in [6.45, 7) is 5.48. The SMILES string of the molecule is Cc1nc(SCC(=O)N2CCCC2C2NNCC2c2ccncc2)oc1C. The van der Waals surface area contributed by atoms with Crippen LogP contribution < -0.4 is 10.9 Å². The molecule has 3 atom stereocenters. The molecule has 2 saturated heterocycles. The molecule has 2 aromatic rings. The number of thioether (sulfide) groups is 1. The van der Waals surface area contributed by atoms with Crippen LogP contribution in [0.25, 0.3) is 0 Å². The number of carbonyl (C=O) groups excluding carboxylic acids is 1. The summed E-state index contributed by atoms with van der Waals surface area (Å²) in [5.74, 6) is 1.65. The predicted octanol–water partition coefficient (Wildman–Crippen LogP) is 2.03. The van der Waals surface area contributed by atoms with Gasteiger partial charge in [0, 0.05) is 43.5 Å². The first kappa shape index (κ1) is 18.5. The molecule has 4 rings (SSSR count). The van der Waals surface area contributed by atoms with Crippen LogP contribution >= 0.6 is 11.8 Å². The third-order valence-electron chi connectivity index (χ3n) is 5.52. The van der Waals surface area contributed by atoms with Crippen molar-refractivity contribution in [3.05, 3.63) is 41.5 Å². The molecule has 2 N–H and O–H groups in total. The van der Waals surface area contributed by atoms with Gasteiger partial charge in [-0.05, 0) is 44.4 Å². The fourth-order valence-corrected chi connectivity index (χ4v) is 4.80. The minimum atomic E-state index is 0.151. The molecule has 144 valence electrons. The molecule has 2 aromatic heterocycles. The number of nitrogens with zero attached hydrogens (tertiary/aromatic N) is 3. The summed E-state index contributed by atoms with van der Waals surface area (Å²) in [4.78, 5) is 23.4. The van der Waals surface area contributed by atoms with E-state index < -0.39 is 0 Å². The molecule has 0 radical (unpaired) electrons. The maximum absolute atomic E-state index is 12.9. The van der Waals surface area contributed by atoms with Gasteiger partial charge in [-0.25, -0.2) is 4.98 Å². The highest BCUT2D eigenvalue weighted by atomic mass is 32.2. The normalized spacial score (nSPS) is 25.3. The zero-order valence-corrected chi connectivity index (χ0v) is 16.5. The van der Waals surface area contributed by atoms with E-state index in [1.54, 1.807) is 0 Å². The van der Waals surface area contributed by atoms with E-state index in [1.807, 2.05) is 31.1 Å². The number of oxazole rings is 1. The van der Waals surface area contributed by atoms with E-state index in [0.29, 0.717) is 16.9 Å². The first-order valence-electron chi connectivity index (χ1n) is 9.38. The van der Waals surface area contributed by atoms with E-state index in [-0.39, 0.29) is 18.0 Å². The van der Waals surface area contributed by atoms with Crippen LogP contribution in [0.1, 0.15) is 35.8 Å². The van der Waals surface area contributed by atoms with Crippen molar-refractivity contribution in [2.45, 2.75) is 49.9 Å². The first-order chi connectivity index (χ1) is 13.1. The Bertz CT molecular complexity index is 777. The Hall–Kier alpha value is -1.90. The van der Waals surface area contributed by atoms with E-state index >= 15 is 0 Å². The Morgan fingerprint density at radius 1 is 1.37 bits per heavy atom. The van der Waals surface area contributed by atoms with E-state index in [4.69, 9.17) is 4.42 Å². The van der Waals surface area contributed by atoms with E-state index in [9.17, 15) is 4.79 Å². The molecule has 8 heteroatoms. The second kappa shape index (κ2) is 8.00. The Kier molecular flexibility index (Phi) is 5.47. The van der Waals surface area contributed by atoms with Crippen LogP contribution in [0.4, 0.5) is 0 Å². The van der Waals surface area contributed by atoms with Gasteiger partial charge >= 0.3 is 0 Å². The van der Waals surface area contributed by atoms with Crippen LogP contribution in [0.2, 0.25) is 0 Å². The van der Waals surface area contributed by atoms with Gasteiger partial charge in [-0.3, -0.25) is 20.6 Å². The number of aryl methyl sites for hydroxylation is 2. The standard InChI is InChI=1S/C19H25N5O2S/c1-12-13(2)26-19(22-12)27-11-17(25)24-9-3-4-16(24)18-15(10-21-23-18)14-5-7-20-8-6-14/h5-8,15-16,18,21,23H,3-4,9-11H2,1-2H3. The maximum Gasteiger partial charge on any atom is 0.256 e. The minimum Gasteiger partial charge on any atom is -0.437 e. The molecule has 2 fully saturated rings. The maximum atomic E-state index is 12.9. The molecule has 0 spiro atoms. The average Bonchev–Trinajstić information content (AvgIpc) is 3.40. The average molecular weight is 388 g/mol. The zero-order chi connectivity index (χ0) is 18.8. The van der Waals surface area contributed by atoms with Gasteiger partial charge < -0.3 is 9.32 Å². The molecule has 2 aliphatic heterocycles. The number of hydrogen-bond acceptors (Lipinski definition) is 7. The molecule has 7 nitrogen and oxygen atoms in total. The molecule has 4 heterocycles. The summed E-state index contributed by atoms with van der Waals surface area (Å²) in [6.07, 6.45) is 5.73. The summed E-state index contributed by atoms with van der Waals surface area (Å²) < 4.78 is 5.58. The number of hydrazine groups is 1. The number of hydrogen-bond donors (Lipinski definition) is 2. The van der Waals surface area contributed by atoms with E-state index in [1.165, 1.54) is 17.3 Å². The number of rotatable bonds is 5. The highest BCUT2D eigenvalue weighted by Gasteiger charge is 2.41. The molecule has 0 aliphatic carbocycles. The van der Waals surface area contributed by atoms with Crippen molar-refractivity contribution < 1.29 is 9.21 Å². The molecule has 27 heavy (non-hydrogen) atoms. The summed E-state index contributed by atoms with van der Waals surface area (Å²) in [5.41, 5.74) is 8.84. The number of amides is 1.